The highest BCUT2D eigenvalue weighted by Gasteiger charge is 2.30. The summed E-state index contributed by atoms with van der Waals surface area (Å²) in [7, 11) is 0. The fourth-order valence-corrected chi connectivity index (χ4v) is 4.06. The molecule has 1 heterocycles. The molecule has 0 saturated carbocycles. The predicted molar refractivity (Wildman–Crippen MR) is 122 cm³/mol. The lowest BCUT2D eigenvalue weighted by Gasteiger charge is -2.03. The summed E-state index contributed by atoms with van der Waals surface area (Å²) in [5.74, 6) is -1.11. The molecule has 1 aliphatic heterocycles. The molecule has 1 rings (SSSR count). The number of unbranched alkanes of at least 4 members (excludes halogenated alkanes) is 18. The summed E-state index contributed by atoms with van der Waals surface area (Å²) in [5, 5.41) is 0. The first-order valence-corrected chi connectivity index (χ1v) is 12.6. The summed E-state index contributed by atoms with van der Waals surface area (Å²) in [5.41, 5.74) is 0. The van der Waals surface area contributed by atoms with E-state index in [1.54, 1.807) is 0 Å². The van der Waals surface area contributed by atoms with Gasteiger partial charge >= 0.3 is 11.9 Å². The van der Waals surface area contributed by atoms with Gasteiger partial charge in [-0.1, -0.05) is 128 Å². The molecule has 0 aromatic rings. The first-order chi connectivity index (χ1) is 14.2. The summed E-state index contributed by atoms with van der Waals surface area (Å²) in [6.07, 6.45) is 30.1. The zero-order chi connectivity index (χ0) is 21.0. The Kier molecular flexibility index (Phi) is 16.9. The number of carbonyl (C=O) groups excluding carboxylic acids is 2. The first-order valence-electron chi connectivity index (χ1n) is 12.6. The van der Waals surface area contributed by atoms with Gasteiger partial charge in [-0.3, -0.25) is 9.59 Å². The Morgan fingerprint density at radius 2 is 1.10 bits per heavy atom. The van der Waals surface area contributed by atoms with Gasteiger partial charge in [0.1, 0.15) is 0 Å². The minimum absolute atomic E-state index is 0.217. The molecular weight excluding hydrogens is 360 g/mol. The van der Waals surface area contributed by atoms with Crippen molar-refractivity contribution in [2.75, 3.05) is 0 Å². The average molecular weight is 407 g/mol. The highest BCUT2D eigenvalue weighted by Crippen LogP contribution is 2.18. The molecule has 1 saturated heterocycles. The van der Waals surface area contributed by atoms with Gasteiger partial charge in [-0.05, 0) is 12.8 Å². The fraction of sp³-hybridized carbons (Fsp3) is 0.846. The van der Waals surface area contributed by atoms with E-state index in [0.29, 0.717) is 0 Å². The van der Waals surface area contributed by atoms with Crippen molar-refractivity contribution in [3.63, 3.8) is 0 Å². The molecule has 1 atom stereocenters. The van der Waals surface area contributed by atoms with Gasteiger partial charge in [-0.2, -0.15) is 0 Å². The normalized spacial score (nSPS) is 16.8. The second-order valence-electron chi connectivity index (χ2n) is 8.83. The van der Waals surface area contributed by atoms with Crippen molar-refractivity contribution in [2.45, 2.75) is 135 Å². The Bertz CT molecular complexity index is 441. The quantitative estimate of drug-likeness (QED) is 0.0888. The molecule has 1 aliphatic rings. The molecule has 0 amide bonds. The first kappa shape index (κ1) is 25.9. The second kappa shape index (κ2) is 18.9. The zero-order valence-corrected chi connectivity index (χ0v) is 19.1. The van der Waals surface area contributed by atoms with Gasteiger partial charge in [0, 0.05) is 0 Å². The van der Waals surface area contributed by atoms with Crippen molar-refractivity contribution >= 4 is 11.9 Å². The molecule has 0 radical (unpaired) electrons. The van der Waals surface area contributed by atoms with Crippen LogP contribution in [-0.2, 0) is 14.3 Å². The van der Waals surface area contributed by atoms with E-state index in [2.05, 4.69) is 11.7 Å². The molecule has 1 fully saturated rings. The maximum atomic E-state index is 11.3. The molecule has 168 valence electrons. The summed E-state index contributed by atoms with van der Waals surface area (Å²) in [6, 6.07) is 0. The summed E-state index contributed by atoms with van der Waals surface area (Å²) < 4.78 is 4.54. The molecule has 0 spiro atoms. The van der Waals surface area contributed by atoms with Crippen LogP contribution in [0, 0.1) is 5.92 Å². The Hall–Kier alpha value is -1.12. The van der Waals surface area contributed by atoms with Gasteiger partial charge < -0.3 is 4.74 Å². The molecule has 29 heavy (non-hydrogen) atoms. The van der Waals surface area contributed by atoms with Crippen LogP contribution in [-0.4, -0.2) is 11.9 Å². The van der Waals surface area contributed by atoms with Crippen molar-refractivity contribution in [1.82, 2.24) is 0 Å². The van der Waals surface area contributed by atoms with Crippen LogP contribution in [0.15, 0.2) is 12.2 Å². The van der Waals surface area contributed by atoms with Crippen LogP contribution in [0.3, 0.4) is 0 Å². The molecule has 0 aliphatic carbocycles. The number of carbonyl (C=O) groups is 2. The number of rotatable bonds is 20. The van der Waals surface area contributed by atoms with Gasteiger partial charge in [0.2, 0.25) is 0 Å². The van der Waals surface area contributed by atoms with E-state index in [9.17, 15) is 9.59 Å². The topological polar surface area (TPSA) is 43.4 Å². The third-order valence-electron chi connectivity index (χ3n) is 6.00. The van der Waals surface area contributed by atoms with Crippen LogP contribution in [0.25, 0.3) is 0 Å². The highest BCUT2D eigenvalue weighted by atomic mass is 16.6. The van der Waals surface area contributed by atoms with Gasteiger partial charge in [0.15, 0.2) is 0 Å². The average Bonchev–Trinajstić information content (AvgIpc) is 3.03. The molecule has 0 aromatic heterocycles. The van der Waals surface area contributed by atoms with Crippen LogP contribution >= 0.6 is 0 Å². The standard InChI is InChI=1S/C26H46O3/c1-2-3-4-5-6-7-8-9-10-11-12-13-14-15-16-17-18-19-20-21-22-24-23-25(27)29-26(24)28/h21-22,24H,2-20,23H2,1H3/b22-21+/t24-/m0/s1. The van der Waals surface area contributed by atoms with Crippen LogP contribution in [0.5, 0.6) is 0 Å². The lowest BCUT2D eigenvalue weighted by Crippen LogP contribution is -2.03. The van der Waals surface area contributed by atoms with E-state index in [1.807, 2.05) is 12.2 Å². The Morgan fingerprint density at radius 3 is 1.48 bits per heavy atom. The number of cyclic esters (lactones) is 2. The zero-order valence-electron chi connectivity index (χ0n) is 19.1. The van der Waals surface area contributed by atoms with Crippen molar-refractivity contribution in [3.05, 3.63) is 12.2 Å². The van der Waals surface area contributed by atoms with Crippen LogP contribution in [0.4, 0.5) is 0 Å². The maximum absolute atomic E-state index is 11.3. The monoisotopic (exact) mass is 406 g/mol. The van der Waals surface area contributed by atoms with Gasteiger partial charge in [0.05, 0.1) is 12.3 Å². The van der Waals surface area contributed by atoms with E-state index >= 15 is 0 Å². The molecular formula is C26H46O3. The van der Waals surface area contributed by atoms with Gasteiger partial charge in [-0.15, -0.1) is 0 Å². The Balaban J connectivity index is 1.72. The van der Waals surface area contributed by atoms with Crippen LogP contribution < -0.4 is 0 Å². The number of allylic oxidation sites excluding steroid dienone is 1. The van der Waals surface area contributed by atoms with Crippen molar-refractivity contribution in [2.24, 2.45) is 5.92 Å². The van der Waals surface area contributed by atoms with Crippen LogP contribution in [0.1, 0.15) is 135 Å². The largest absolute Gasteiger partial charge is 0.393 e. The molecule has 0 bridgehead atoms. The van der Waals surface area contributed by atoms with E-state index in [-0.39, 0.29) is 18.3 Å². The molecule has 0 aromatic carbocycles. The van der Waals surface area contributed by atoms with Crippen LogP contribution in [0.2, 0.25) is 0 Å². The highest BCUT2D eigenvalue weighted by molar-refractivity contribution is 5.95. The minimum Gasteiger partial charge on any atom is -0.393 e. The van der Waals surface area contributed by atoms with Gasteiger partial charge in [0.25, 0.3) is 0 Å². The van der Waals surface area contributed by atoms with Crippen molar-refractivity contribution < 1.29 is 14.3 Å². The number of esters is 2. The lowest BCUT2D eigenvalue weighted by atomic mass is 10.0. The van der Waals surface area contributed by atoms with E-state index in [0.717, 1.165) is 6.42 Å². The SMILES string of the molecule is CCCCCCCCCCCCCCCCCCCC/C=C/[C@H]1CC(=O)OC1=O. The Labute approximate surface area is 180 Å². The van der Waals surface area contributed by atoms with E-state index in [4.69, 9.17) is 0 Å². The summed E-state index contributed by atoms with van der Waals surface area (Å²) >= 11 is 0. The minimum atomic E-state index is -0.391. The second-order valence-corrected chi connectivity index (χ2v) is 8.83. The summed E-state index contributed by atoms with van der Waals surface area (Å²) in [6.45, 7) is 2.28. The summed E-state index contributed by atoms with van der Waals surface area (Å²) in [4.78, 5) is 22.3. The predicted octanol–water partition coefficient (Wildman–Crippen LogP) is 8.06. The smallest absolute Gasteiger partial charge is 0.321 e. The lowest BCUT2D eigenvalue weighted by molar-refractivity contribution is -0.152. The third kappa shape index (κ3) is 15.4. The number of hydrogen-bond acceptors (Lipinski definition) is 3. The van der Waals surface area contributed by atoms with Crippen molar-refractivity contribution in [1.29, 1.82) is 0 Å². The number of hydrogen-bond donors (Lipinski definition) is 0. The molecule has 0 unspecified atom stereocenters. The van der Waals surface area contributed by atoms with Gasteiger partial charge in [-0.25, -0.2) is 0 Å². The molecule has 3 heteroatoms. The van der Waals surface area contributed by atoms with E-state index < -0.39 is 5.97 Å². The fourth-order valence-electron chi connectivity index (χ4n) is 4.06. The molecule has 3 nitrogen and oxygen atoms in total. The van der Waals surface area contributed by atoms with E-state index in [1.165, 1.54) is 116 Å². The third-order valence-corrected chi connectivity index (χ3v) is 6.00. The number of ether oxygens (including phenoxy) is 1. The Morgan fingerprint density at radius 1 is 0.690 bits per heavy atom. The maximum Gasteiger partial charge on any atom is 0.321 e. The molecule has 0 N–H and O–H groups in total. The van der Waals surface area contributed by atoms with Crippen molar-refractivity contribution in [3.8, 4) is 0 Å².